The van der Waals surface area contributed by atoms with E-state index in [0.29, 0.717) is 29.7 Å². The lowest BCUT2D eigenvalue weighted by molar-refractivity contribution is 0.159. The van der Waals surface area contributed by atoms with Gasteiger partial charge in [-0.05, 0) is 65.9 Å². The van der Waals surface area contributed by atoms with Gasteiger partial charge in [0.05, 0.1) is 18.2 Å². The summed E-state index contributed by atoms with van der Waals surface area (Å²) in [6.07, 6.45) is -0.133. The largest absolute Gasteiger partial charge is 0.508 e. The second kappa shape index (κ2) is 10.3. The van der Waals surface area contributed by atoms with Crippen LogP contribution < -0.4 is 10.2 Å². The Kier molecular flexibility index (Phi) is 6.79. The van der Waals surface area contributed by atoms with Crippen molar-refractivity contribution in [1.29, 1.82) is 0 Å². The van der Waals surface area contributed by atoms with Crippen LogP contribution in [0.3, 0.4) is 0 Å². The minimum Gasteiger partial charge on any atom is -0.508 e. The highest BCUT2D eigenvalue weighted by molar-refractivity contribution is 5.96. The summed E-state index contributed by atoms with van der Waals surface area (Å²) >= 11 is 0. The monoisotopic (exact) mass is 498 g/mol. The highest BCUT2D eigenvalue weighted by Crippen LogP contribution is 2.41. The van der Waals surface area contributed by atoms with Crippen LogP contribution in [0.15, 0.2) is 97.1 Å². The molecular weight excluding hydrogens is 471 g/mol. The molecule has 0 saturated carbocycles. The van der Waals surface area contributed by atoms with Crippen molar-refractivity contribution in [3.05, 3.63) is 114 Å². The normalized spacial score (nSPS) is 18.0. The van der Waals surface area contributed by atoms with Crippen LogP contribution in [0.25, 0.3) is 11.1 Å². The molecule has 1 unspecified atom stereocenters. The van der Waals surface area contributed by atoms with Gasteiger partial charge in [-0.1, -0.05) is 54.6 Å². The van der Waals surface area contributed by atoms with E-state index in [4.69, 9.17) is 0 Å². The molecule has 1 aliphatic rings. The van der Waals surface area contributed by atoms with Gasteiger partial charge in [0.2, 0.25) is 0 Å². The van der Waals surface area contributed by atoms with Crippen molar-refractivity contribution in [3.8, 4) is 22.6 Å². The number of amides is 2. The summed E-state index contributed by atoms with van der Waals surface area (Å²) in [6, 6.07) is 26.2. The number of benzene rings is 4. The number of hydrogen-bond donors (Lipinski definition) is 4. The third kappa shape index (κ3) is 5.13. The van der Waals surface area contributed by atoms with Gasteiger partial charge in [-0.2, -0.15) is 0 Å². The maximum Gasteiger partial charge on any atom is 0.322 e. The Labute approximate surface area is 214 Å². The molecule has 1 heterocycles. The van der Waals surface area contributed by atoms with E-state index in [1.807, 2.05) is 54.6 Å². The number of carbonyl (C=O) groups is 1. The number of phenolic OH excluding ortho intramolecular Hbond substituents is 2. The van der Waals surface area contributed by atoms with E-state index in [9.17, 15) is 24.5 Å². The number of anilines is 1. The highest BCUT2D eigenvalue weighted by atomic mass is 19.1. The van der Waals surface area contributed by atoms with Crippen molar-refractivity contribution < 1.29 is 24.5 Å². The fourth-order valence-electron chi connectivity index (χ4n) is 4.89. The third-order valence-electron chi connectivity index (χ3n) is 6.78. The van der Waals surface area contributed by atoms with Crippen LogP contribution in [0.4, 0.5) is 14.9 Å². The van der Waals surface area contributed by atoms with Crippen LogP contribution >= 0.6 is 0 Å². The zero-order valence-electron chi connectivity index (χ0n) is 20.0. The predicted octanol–water partition coefficient (Wildman–Crippen LogP) is 6.06. The molecule has 2 amide bonds. The molecular formula is C30H27FN2O4. The van der Waals surface area contributed by atoms with Gasteiger partial charge >= 0.3 is 6.03 Å². The Morgan fingerprint density at radius 2 is 1.54 bits per heavy atom. The number of aliphatic hydroxyl groups is 1. The van der Waals surface area contributed by atoms with E-state index >= 15 is 0 Å². The van der Waals surface area contributed by atoms with Gasteiger partial charge in [-0.15, -0.1) is 0 Å². The molecule has 0 aromatic heterocycles. The molecule has 5 rings (SSSR count). The minimum absolute atomic E-state index is 0.0828. The number of urea groups is 1. The molecule has 6 nitrogen and oxygen atoms in total. The number of rotatable bonds is 7. The number of hydrogen-bond acceptors (Lipinski definition) is 4. The first-order valence-electron chi connectivity index (χ1n) is 12.1. The fourth-order valence-corrected chi connectivity index (χ4v) is 4.89. The summed E-state index contributed by atoms with van der Waals surface area (Å²) in [4.78, 5) is 14.8. The number of nitrogens with zero attached hydrogens (tertiary/aromatic N) is 1. The molecule has 1 fully saturated rings. The summed E-state index contributed by atoms with van der Waals surface area (Å²) in [5.74, 6) is -0.590. The number of nitrogens with one attached hydrogen (secondary N) is 1. The molecule has 0 aliphatic carbocycles. The van der Waals surface area contributed by atoms with Gasteiger partial charge in [0.15, 0.2) is 0 Å². The van der Waals surface area contributed by atoms with Gasteiger partial charge < -0.3 is 20.6 Å². The Bertz CT molecular complexity index is 1380. The quantitative estimate of drug-likeness (QED) is 0.249. The van der Waals surface area contributed by atoms with E-state index in [1.54, 1.807) is 11.0 Å². The van der Waals surface area contributed by atoms with E-state index in [1.165, 1.54) is 36.4 Å². The van der Waals surface area contributed by atoms with Crippen LogP contribution in [0, 0.1) is 5.82 Å². The predicted molar refractivity (Wildman–Crippen MR) is 140 cm³/mol. The average Bonchev–Trinajstić information content (AvgIpc) is 3.23. The molecule has 1 saturated heterocycles. The lowest BCUT2D eigenvalue weighted by Crippen LogP contribution is -2.29. The van der Waals surface area contributed by atoms with Gasteiger partial charge in [0.1, 0.15) is 17.3 Å². The van der Waals surface area contributed by atoms with Crippen LogP contribution in [0.2, 0.25) is 0 Å². The summed E-state index contributed by atoms with van der Waals surface area (Å²) in [5.41, 5.74) is 3.77. The summed E-state index contributed by atoms with van der Waals surface area (Å²) in [6.45, 7) is 0. The SMILES string of the molecule is O=C1N[C@@H](CCC(O)c2ccc(F)cc2)[C@@H](c2ccc(O)cc2O)N1c1ccc(-c2ccccc2)cc1. The van der Waals surface area contributed by atoms with E-state index in [0.717, 1.165) is 11.1 Å². The van der Waals surface area contributed by atoms with E-state index in [2.05, 4.69) is 5.32 Å². The standard InChI is InChI=1S/C30H27FN2O4/c31-22-10-6-21(7-11-22)27(35)17-16-26-29(25-15-14-24(34)18-28(25)36)33(30(37)32-26)23-12-8-20(9-13-23)19-4-2-1-3-5-19/h1-15,18,26-27,29,34-36H,16-17H2,(H,32,37)/t26-,27?,29+/m0/s1. The molecule has 3 atom stereocenters. The van der Waals surface area contributed by atoms with Crippen LogP contribution in [0.1, 0.15) is 36.1 Å². The first-order valence-corrected chi connectivity index (χ1v) is 12.1. The molecule has 4 aromatic carbocycles. The molecule has 4 aromatic rings. The van der Waals surface area contributed by atoms with Crippen molar-refractivity contribution in [2.24, 2.45) is 0 Å². The first-order chi connectivity index (χ1) is 17.9. The Morgan fingerprint density at radius 3 is 2.22 bits per heavy atom. The number of phenols is 2. The number of halogens is 1. The lowest BCUT2D eigenvalue weighted by Gasteiger charge is -2.28. The third-order valence-corrected chi connectivity index (χ3v) is 6.78. The second-order valence-corrected chi connectivity index (χ2v) is 9.17. The highest BCUT2D eigenvalue weighted by Gasteiger charge is 2.42. The topological polar surface area (TPSA) is 93.0 Å². The van der Waals surface area contributed by atoms with Crippen LogP contribution in [0.5, 0.6) is 11.5 Å². The zero-order chi connectivity index (χ0) is 25.9. The number of carbonyl (C=O) groups excluding carboxylic acids is 1. The number of aliphatic hydroxyl groups excluding tert-OH is 1. The molecule has 0 spiro atoms. The Hall–Kier alpha value is -4.36. The summed E-state index contributed by atoms with van der Waals surface area (Å²) in [5, 5.41) is 34.2. The van der Waals surface area contributed by atoms with Crippen molar-refractivity contribution in [3.63, 3.8) is 0 Å². The average molecular weight is 499 g/mol. The molecule has 4 N–H and O–H groups in total. The van der Waals surface area contributed by atoms with Gasteiger partial charge in [0.25, 0.3) is 0 Å². The van der Waals surface area contributed by atoms with Crippen LogP contribution in [-0.2, 0) is 0 Å². The molecule has 7 heteroatoms. The molecule has 37 heavy (non-hydrogen) atoms. The molecule has 0 radical (unpaired) electrons. The maximum atomic E-state index is 13.3. The van der Waals surface area contributed by atoms with E-state index in [-0.39, 0.29) is 23.3 Å². The smallest absolute Gasteiger partial charge is 0.322 e. The Balaban J connectivity index is 1.44. The Morgan fingerprint density at radius 1 is 0.865 bits per heavy atom. The molecule has 0 bridgehead atoms. The minimum atomic E-state index is -0.842. The lowest BCUT2D eigenvalue weighted by atomic mass is 9.92. The molecule has 1 aliphatic heterocycles. The zero-order valence-corrected chi connectivity index (χ0v) is 20.0. The van der Waals surface area contributed by atoms with Gasteiger partial charge in [0, 0.05) is 17.3 Å². The summed E-state index contributed by atoms with van der Waals surface area (Å²) < 4.78 is 13.3. The van der Waals surface area contributed by atoms with Gasteiger partial charge in [-0.25, -0.2) is 9.18 Å². The van der Waals surface area contributed by atoms with E-state index < -0.39 is 18.2 Å². The maximum absolute atomic E-state index is 13.3. The van der Waals surface area contributed by atoms with Crippen molar-refractivity contribution in [2.45, 2.75) is 31.0 Å². The molecule has 188 valence electrons. The summed E-state index contributed by atoms with van der Waals surface area (Å²) in [7, 11) is 0. The van der Waals surface area contributed by atoms with Crippen molar-refractivity contribution in [1.82, 2.24) is 5.32 Å². The van der Waals surface area contributed by atoms with Crippen molar-refractivity contribution >= 4 is 11.7 Å². The second-order valence-electron chi connectivity index (χ2n) is 9.17. The van der Waals surface area contributed by atoms with Crippen LogP contribution in [-0.4, -0.2) is 27.4 Å². The van der Waals surface area contributed by atoms with Gasteiger partial charge in [-0.3, -0.25) is 4.90 Å². The first kappa shape index (κ1) is 24.3. The fraction of sp³-hybridized carbons (Fsp3) is 0.167. The number of aromatic hydroxyl groups is 2. The van der Waals surface area contributed by atoms with Crippen molar-refractivity contribution in [2.75, 3.05) is 4.90 Å².